The van der Waals surface area contributed by atoms with Crippen LogP contribution in [0.2, 0.25) is 0 Å². The molecule has 2 aliphatic heterocycles. The van der Waals surface area contributed by atoms with Crippen molar-refractivity contribution >= 4 is 23.2 Å². The van der Waals surface area contributed by atoms with Crippen LogP contribution in [0.15, 0.2) is 65.8 Å². The van der Waals surface area contributed by atoms with Crippen molar-refractivity contribution < 1.29 is 9.59 Å². The number of hydrogen-bond acceptors (Lipinski definition) is 5. The summed E-state index contributed by atoms with van der Waals surface area (Å²) >= 11 is 0. The Kier molecular flexibility index (Phi) is 6.62. The van der Waals surface area contributed by atoms with Crippen LogP contribution in [0.5, 0.6) is 0 Å². The lowest BCUT2D eigenvalue weighted by atomic mass is 10.0. The third kappa shape index (κ3) is 5.11. The molecule has 162 valence electrons. The van der Waals surface area contributed by atoms with Gasteiger partial charge >= 0.3 is 0 Å². The van der Waals surface area contributed by atoms with Crippen molar-refractivity contribution in [3.05, 3.63) is 66.2 Å². The zero-order valence-corrected chi connectivity index (χ0v) is 17.6. The Morgan fingerprint density at radius 3 is 2.45 bits per heavy atom. The summed E-state index contributed by atoms with van der Waals surface area (Å²) in [5, 5.41) is 9.04. The van der Waals surface area contributed by atoms with Gasteiger partial charge in [0.15, 0.2) is 0 Å². The van der Waals surface area contributed by atoms with E-state index in [1.807, 2.05) is 36.4 Å². The Labute approximate surface area is 182 Å². The third-order valence-corrected chi connectivity index (χ3v) is 6.00. The van der Waals surface area contributed by atoms with Crippen molar-refractivity contribution in [3.8, 4) is 0 Å². The van der Waals surface area contributed by atoms with E-state index < -0.39 is 11.9 Å². The van der Waals surface area contributed by atoms with Crippen molar-refractivity contribution in [2.24, 2.45) is 10.8 Å². The molecule has 0 aliphatic carbocycles. The number of amides is 2. The molecule has 1 fully saturated rings. The van der Waals surface area contributed by atoms with Gasteiger partial charge in [0.05, 0.1) is 5.69 Å². The van der Waals surface area contributed by atoms with E-state index in [4.69, 9.17) is 5.73 Å². The fourth-order valence-electron chi connectivity index (χ4n) is 4.32. The normalized spacial score (nSPS) is 21.5. The molecular weight excluding hydrogens is 390 g/mol. The lowest BCUT2D eigenvalue weighted by molar-refractivity contribution is -0.119. The van der Waals surface area contributed by atoms with E-state index in [1.54, 1.807) is 5.01 Å². The molecule has 3 N–H and O–H groups in total. The predicted octanol–water partition coefficient (Wildman–Crippen LogP) is 2.28. The molecule has 7 heteroatoms. The first-order valence-electron chi connectivity index (χ1n) is 10.9. The summed E-state index contributed by atoms with van der Waals surface area (Å²) < 4.78 is 0. The van der Waals surface area contributed by atoms with Crippen LogP contribution < -0.4 is 16.1 Å². The number of hydrazone groups is 1. The number of nitrogens with zero attached hydrogens (tertiary/aromatic N) is 3. The molecule has 31 heavy (non-hydrogen) atoms. The van der Waals surface area contributed by atoms with Crippen molar-refractivity contribution in [2.75, 3.05) is 18.1 Å². The number of anilines is 1. The van der Waals surface area contributed by atoms with Crippen LogP contribution in [0.25, 0.3) is 0 Å². The molecule has 7 nitrogen and oxygen atoms in total. The Morgan fingerprint density at radius 1 is 1.03 bits per heavy atom. The topological polar surface area (TPSA) is 91.0 Å². The molecule has 0 spiro atoms. The van der Waals surface area contributed by atoms with Gasteiger partial charge in [-0.1, -0.05) is 55.0 Å². The summed E-state index contributed by atoms with van der Waals surface area (Å²) in [7, 11) is 0. The van der Waals surface area contributed by atoms with Gasteiger partial charge in [0, 0.05) is 25.6 Å². The van der Waals surface area contributed by atoms with Crippen LogP contribution in [0.3, 0.4) is 0 Å². The number of para-hydroxylation sites is 1. The molecule has 0 bridgehead atoms. The summed E-state index contributed by atoms with van der Waals surface area (Å²) in [6.07, 6.45) is 3.61. The molecule has 0 radical (unpaired) electrons. The van der Waals surface area contributed by atoms with Crippen molar-refractivity contribution in [2.45, 2.75) is 44.3 Å². The standard InChI is InChI=1S/C24H29N5O2/c25-23(30)22-15-21(27-29(22)19-11-5-2-6-12-19)24(31)26-16-20-13-7-8-14-28(20)17-18-9-3-1-4-10-18/h1-6,9-12,20,22H,7-8,13-17H2,(H2,25,30)(H,26,31)/t20-,22-/m1/s1. The molecule has 2 aliphatic rings. The first kappa shape index (κ1) is 21.1. The summed E-state index contributed by atoms with van der Waals surface area (Å²) in [5.41, 5.74) is 7.95. The maximum Gasteiger partial charge on any atom is 0.267 e. The number of carbonyl (C=O) groups is 2. The Morgan fingerprint density at radius 2 is 1.74 bits per heavy atom. The summed E-state index contributed by atoms with van der Waals surface area (Å²) in [5.74, 6) is -0.716. The first-order valence-corrected chi connectivity index (χ1v) is 10.9. The van der Waals surface area contributed by atoms with Crippen LogP contribution >= 0.6 is 0 Å². The highest BCUT2D eigenvalue weighted by molar-refractivity contribution is 6.40. The fraction of sp³-hybridized carbons (Fsp3) is 0.375. The van der Waals surface area contributed by atoms with Gasteiger partial charge in [0.1, 0.15) is 11.8 Å². The van der Waals surface area contributed by atoms with Gasteiger partial charge in [-0.25, -0.2) is 0 Å². The molecule has 0 saturated carbocycles. The highest BCUT2D eigenvalue weighted by atomic mass is 16.2. The van der Waals surface area contributed by atoms with E-state index in [0.717, 1.165) is 31.6 Å². The molecule has 2 aromatic carbocycles. The quantitative estimate of drug-likeness (QED) is 0.720. The van der Waals surface area contributed by atoms with Gasteiger partial charge in [-0.05, 0) is 37.1 Å². The van der Waals surface area contributed by atoms with Gasteiger partial charge in [-0.15, -0.1) is 0 Å². The van der Waals surface area contributed by atoms with Gasteiger partial charge < -0.3 is 11.1 Å². The highest BCUT2D eigenvalue weighted by Gasteiger charge is 2.35. The van der Waals surface area contributed by atoms with Gasteiger partial charge in [0.25, 0.3) is 5.91 Å². The molecule has 4 rings (SSSR count). The number of benzene rings is 2. The molecule has 2 heterocycles. The number of nitrogens with one attached hydrogen (secondary N) is 1. The summed E-state index contributed by atoms with van der Waals surface area (Å²) in [4.78, 5) is 27.2. The predicted molar refractivity (Wildman–Crippen MR) is 121 cm³/mol. The minimum atomic E-state index is -0.646. The maximum absolute atomic E-state index is 12.9. The van der Waals surface area contributed by atoms with Crippen LogP contribution in [0, 0.1) is 0 Å². The van der Waals surface area contributed by atoms with Crippen molar-refractivity contribution in [1.82, 2.24) is 10.2 Å². The molecule has 0 unspecified atom stereocenters. The average Bonchev–Trinajstić information content (AvgIpc) is 3.26. The fourth-order valence-corrected chi connectivity index (χ4v) is 4.32. The molecule has 2 amide bonds. The minimum Gasteiger partial charge on any atom is -0.368 e. The van der Waals surface area contributed by atoms with E-state index in [-0.39, 0.29) is 18.4 Å². The van der Waals surface area contributed by atoms with Crippen LogP contribution in [-0.4, -0.2) is 47.6 Å². The number of rotatable bonds is 7. The maximum atomic E-state index is 12.9. The second-order valence-electron chi connectivity index (χ2n) is 8.16. The van der Waals surface area contributed by atoms with Gasteiger partial charge in [-0.2, -0.15) is 5.10 Å². The zero-order valence-electron chi connectivity index (χ0n) is 17.6. The SMILES string of the molecule is NC(=O)[C@H]1CC(C(=O)NC[C@H]2CCCCN2Cc2ccccc2)=NN1c1ccccc1. The molecule has 2 atom stereocenters. The Hall–Kier alpha value is -3.19. The number of carbonyl (C=O) groups excluding carboxylic acids is 2. The highest BCUT2D eigenvalue weighted by Crippen LogP contribution is 2.24. The Bertz CT molecular complexity index is 932. The number of primary amides is 1. The van der Waals surface area contributed by atoms with E-state index in [2.05, 4.69) is 39.6 Å². The summed E-state index contributed by atoms with van der Waals surface area (Å²) in [6.45, 7) is 2.48. The van der Waals surface area contributed by atoms with Crippen LogP contribution in [0.1, 0.15) is 31.2 Å². The summed E-state index contributed by atoms with van der Waals surface area (Å²) in [6, 6.07) is 19.4. The second kappa shape index (κ2) is 9.75. The lowest BCUT2D eigenvalue weighted by Gasteiger charge is -2.35. The van der Waals surface area contributed by atoms with Crippen molar-refractivity contribution in [3.63, 3.8) is 0 Å². The zero-order chi connectivity index (χ0) is 21.6. The van der Waals surface area contributed by atoms with Crippen LogP contribution in [-0.2, 0) is 16.1 Å². The van der Waals surface area contributed by atoms with E-state index >= 15 is 0 Å². The molecule has 2 aromatic rings. The monoisotopic (exact) mass is 419 g/mol. The average molecular weight is 420 g/mol. The van der Waals surface area contributed by atoms with Gasteiger partial charge in [-0.3, -0.25) is 19.5 Å². The molecule has 1 saturated heterocycles. The second-order valence-corrected chi connectivity index (χ2v) is 8.16. The third-order valence-electron chi connectivity index (χ3n) is 6.00. The van der Waals surface area contributed by atoms with E-state index in [9.17, 15) is 9.59 Å². The van der Waals surface area contributed by atoms with Crippen molar-refractivity contribution in [1.29, 1.82) is 0 Å². The first-order chi connectivity index (χ1) is 15.1. The number of piperidine rings is 1. The number of nitrogens with two attached hydrogens (primary N) is 1. The number of likely N-dealkylation sites (tertiary alicyclic amines) is 1. The smallest absolute Gasteiger partial charge is 0.267 e. The Balaban J connectivity index is 1.39. The minimum absolute atomic E-state index is 0.217. The van der Waals surface area contributed by atoms with E-state index in [0.29, 0.717) is 12.3 Å². The molecule has 0 aromatic heterocycles. The molecular formula is C24H29N5O2. The van der Waals surface area contributed by atoms with Crippen LogP contribution in [0.4, 0.5) is 5.69 Å². The largest absolute Gasteiger partial charge is 0.368 e. The number of hydrogen-bond donors (Lipinski definition) is 2. The van der Waals surface area contributed by atoms with E-state index in [1.165, 1.54) is 12.0 Å². The van der Waals surface area contributed by atoms with Gasteiger partial charge in [0.2, 0.25) is 5.91 Å². The lowest BCUT2D eigenvalue weighted by Crippen LogP contribution is -2.47.